The molecule has 1 aromatic heterocycles. The van der Waals surface area contributed by atoms with Gasteiger partial charge in [-0.3, -0.25) is 4.99 Å². The Morgan fingerprint density at radius 1 is 1.39 bits per heavy atom. The molecule has 0 spiro atoms. The topological polar surface area (TPSA) is 53.7 Å². The molecule has 0 radical (unpaired) electrons. The monoisotopic (exact) mass is 263 g/mol. The number of aromatic nitrogens is 2. The van der Waals surface area contributed by atoms with Crippen LogP contribution in [0.3, 0.4) is 0 Å². The highest BCUT2D eigenvalue weighted by Gasteiger charge is 2.30. The Bertz CT molecular complexity index is 513. The molecule has 0 aromatic carbocycles. The van der Waals surface area contributed by atoms with Crippen LogP contribution in [0.2, 0.25) is 5.15 Å². The van der Waals surface area contributed by atoms with E-state index in [1.807, 2.05) is 13.1 Å². The van der Waals surface area contributed by atoms with Crippen LogP contribution in [0.5, 0.6) is 0 Å². The van der Waals surface area contributed by atoms with Gasteiger partial charge in [-0.1, -0.05) is 11.6 Å². The molecule has 0 unspecified atom stereocenters. The van der Waals surface area contributed by atoms with E-state index in [0.717, 1.165) is 31.2 Å². The summed E-state index contributed by atoms with van der Waals surface area (Å²) in [5, 5.41) is 0.480. The van der Waals surface area contributed by atoms with E-state index >= 15 is 0 Å². The summed E-state index contributed by atoms with van der Waals surface area (Å²) in [4.78, 5) is 19.3. The lowest BCUT2D eigenvalue weighted by atomic mass is 9.92. The van der Waals surface area contributed by atoms with Crippen LogP contribution in [0, 0.1) is 5.92 Å². The van der Waals surface area contributed by atoms with Crippen molar-refractivity contribution < 1.29 is 0 Å². The first-order chi connectivity index (χ1) is 8.72. The summed E-state index contributed by atoms with van der Waals surface area (Å²) in [5.41, 5.74) is 0. The predicted molar refractivity (Wildman–Crippen MR) is 72.8 cm³/mol. The van der Waals surface area contributed by atoms with Gasteiger partial charge in [-0.15, -0.1) is 0 Å². The van der Waals surface area contributed by atoms with E-state index in [2.05, 4.69) is 24.9 Å². The molecule has 0 bridgehead atoms. The molecule has 2 aliphatic rings. The lowest BCUT2D eigenvalue weighted by Crippen LogP contribution is -2.45. The van der Waals surface area contributed by atoms with Crippen LogP contribution < -0.4 is 4.90 Å². The number of hydrogen-bond acceptors (Lipinski definition) is 5. The quantitative estimate of drug-likeness (QED) is 0.727. The van der Waals surface area contributed by atoms with Crippen LogP contribution in [-0.2, 0) is 0 Å². The SMILES string of the molecule is CC1=N[C@H]2CCN(c3cc(Cl)ncn3)C[C@H]2C=N1. The minimum atomic E-state index is 0.371. The van der Waals surface area contributed by atoms with E-state index in [1.54, 1.807) is 6.07 Å². The normalized spacial score (nSPS) is 26.8. The Labute approximate surface area is 111 Å². The maximum atomic E-state index is 5.89. The van der Waals surface area contributed by atoms with Crippen LogP contribution in [0.1, 0.15) is 13.3 Å². The summed E-state index contributed by atoms with van der Waals surface area (Å²) in [6.07, 6.45) is 4.54. The number of amidine groups is 1. The number of aliphatic imine (C=N–C) groups is 2. The van der Waals surface area contributed by atoms with Gasteiger partial charge >= 0.3 is 0 Å². The first-order valence-corrected chi connectivity index (χ1v) is 6.41. The molecule has 0 aliphatic carbocycles. The summed E-state index contributed by atoms with van der Waals surface area (Å²) in [6, 6.07) is 2.17. The van der Waals surface area contributed by atoms with Crippen LogP contribution in [0.15, 0.2) is 22.4 Å². The number of hydrogen-bond donors (Lipinski definition) is 0. The second-order valence-electron chi connectivity index (χ2n) is 4.62. The molecule has 1 fully saturated rings. The number of halogens is 1. The van der Waals surface area contributed by atoms with E-state index < -0.39 is 0 Å². The molecule has 3 heterocycles. The minimum Gasteiger partial charge on any atom is -0.356 e. The van der Waals surface area contributed by atoms with Crippen LogP contribution in [0.25, 0.3) is 0 Å². The molecule has 5 nitrogen and oxygen atoms in total. The first-order valence-electron chi connectivity index (χ1n) is 6.03. The Kier molecular flexibility index (Phi) is 2.99. The molecule has 94 valence electrons. The van der Waals surface area contributed by atoms with Gasteiger partial charge < -0.3 is 4.90 Å². The van der Waals surface area contributed by atoms with Crippen molar-refractivity contribution in [2.24, 2.45) is 15.9 Å². The lowest BCUT2D eigenvalue weighted by Gasteiger charge is -2.37. The number of anilines is 1. The molecule has 1 saturated heterocycles. The van der Waals surface area contributed by atoms with E-state index in [0.29, 0.717) is 17.1 Å². The van der Waals surface area contributed by atoms with E-state index in [4.69, 9.17) is 11.6 Å². The lowest BCUT2D eigenvalue weighted by molar-refractivity contribution is 0.438. The zero-order valence-electron chi connectivity index (χ0n) is 10.1. The van der Waals surface area contributed by atoms with Crippen molar-refractivity contribution in [2.45, 2.75) is 19.4 Å². The van der Waals surface area contributed by atoms with E-state index in [9.17, 15) is 0 Å². The molecule has 0 amide bonds. The minimum absolute atomic E-state index is 0.371. The smallest absolute Gasteiger partial charge is 0.134 e. The molecular weight excluding hydrogens is 250 g/mol. The van der Waals surface area contributed by atoms with Gasteiger partial charge in [-0.2, -0.15) is 0 Å². The van der Waals surface area contributed by atoms with Crippen molar-refractivity contribution in [3.8, 4) is 0 Å². The van der Waals surface area contributed by atoms with Crippen molar-refractivity contribution in [1.29, 1.82) is 0 Å². The number of piperidine rings is 1. The van der Waals surface area contributed by atoms with Gasteiger partial charge in [0.2, 0.25) is 0 Å². The molecule has 3 rings (SSSR count). The van der Waals surface area contributed by atoms with Crippen LogP contribution in [0.4, 0.5) is 5.82 Å². The van der Waals surface area contributed by atoms with Gasteiger partial charge in [0.1, 0.15) is 23.1 Å². The molecule has 6 heteroatoms. The van der Waals surface area contributed by atoms with Crippen molar-refractivity contribution >= 4 is 29.5 Å². The summed E-state index contributed by atoms with van der Waals surface area (Å²) < 4.78 is 0. The average molecular weight is 264 g/mol. The van der Waals surface area contributed by atoms with Crippen molar-refractivity contribution in [3.63, 3.8) is 0 Å². The zero-order chi connectivity index (χ0) is 12.5. The zero-order valence-corrected chi connectivity index (χ0v) is 10.9. The third-order valence-corrected chi connectivity index (χ3v) is 3.58. The van der Waals surface area contributed by atoms with E-state index in [1.165, 1.54) is 6.33 Å². The summed E-state index contributed by atoms with van der Waals surface area (Å²) in [7, 11) is 0. The summed E-state index contributed by atoms with van der Waals surface area (Å²) >= 11 is 5.89. The Morgan fingerprint density at radius 2 is 2.28 bits per heavy atom. The fourth-order valence-electron chi connectivity index (χ4n) is 2.46. The highest BCUT2D eigenvalue weighted by atomic mass is 35.5. The maximum Gasteiger partial charge on any atom is 0.134 e. The Balaban J connectivity index is 1.77. The van der Waals surface area contributed by atoms with Gasteiger partial charge in [-0.05, 0) is 13.3 Å². The second kappa shape index (κ2) is 4.65. The number of fused-ring (bicyclic) bond motifs is 1. The van der Waals surface area contributed by atoms with Crippen molar-refractivity contribution in [2.75, 3.05) is 18.0 Å². The third kappa shape index (κ3) is 2.22. The predicted octanol–water partition coefficient (Wildman–Crippen LogP) is 1.83. The fourth-order valence-corrected chi connectivity index (χ4v) is 2.60. The standard InChI is InChI=1S/C12H14ClN5/c1-8-14-5-9-6-18(3-2-10(9)17-8)12-4-11(13)15-7-16-12/h4-5,7,9-10H,2-3,6H2,1H3/t9-,10+/m1/s1. The average Bonchev–Trinajstić information content (AvgIpc) is 2.38. The molecular formula is C12H14ClN5. The molecule has 2 aliphatic heterocycles. The molecule has 2 atom stereocenters. The molecule has 1 aromatic rings. The highest BCUT2D eigenvalue weighted by Crippen LogP contribution is 2.25. The van der Waals surface area contributed by atoms with Crippen LogP contribution >= 0.6 is 11.6 Å². The summed E-state index contributed by atoms with van der Waals surface area (Å²) in [6.45, 7) is 3.78. The largest absolute Gasteiger partial charge is 0.356 e. The van der Waals surface area contributed by atoms with Gasteiger partial charge in [-0.25, -0.2) is 15.0 Å². The van der Waals surface area contributed by atoms with Crippen molar-refractivity contribution in [3.05, 3.63) is 17.5 Å². The van der Waals surface area contributed by atoms with E-state index in [-0.39, 0.29) is 0 Å². The fraction of sp³-hybridized carbons (Fsp3) is 0.500. The molecule has 0 N–H and O–H groups in total. The van der Waals surface area contributed by atoms with Gasteiger partial charge in [0.05, 0.1) is 6.04 Å². The highest BCUT2D eigenvalue weighted by molar-refractivity contribution is 6.29. The van der Waals surface area contributed by atoms with Gasteiger partial charge in [0.15, 0.2) is 0 Å². The third-order valence-electron chi connectivity index (χ3n) is 3.37. The first kappa shape index (κ1) is 11.6. The number of rotatable bonds is 1. The Morgan fingerprint density at radius 3 is 3.11 bits per heavy atom. The molecule has 0 saturated carbocycles. The summed E-state index contributed by atoms with van der Waals surface area (Å²) in [5.74, 6) is 2.14. The maximum absolute atomic E-state index is 5.89. The number of nitrogens with zero attached hydrogens (tertiary/aromatic N) is 5. The second-order valence-corrected chi connectivity index (χ2v) is 5.01. The van der Waals surface area contributed by atoms with Gasteiger partial charge in [0, 0.05) is 31.3 Å². The van der Waals surface area contributed by atoms with Gasteiger partial charge in [0.25, 0.3) is 0 Å². The molecule has 18 heavy (non-hydrogen) atoms. The van der Waals surface area contributed by atoms with Crippen LogP contribution in [-0.4, -0.2) is 41.1 Å². The Hall–Kier alpha value is -1.49. The van der Waals surface area contributed by atoms with Crippen molar-refractivity contribution in [1.82, 2.24) is 9.97 Å².